The fourth-order valence-corrected chi connectivity index (χ4v) is 0.769. The van der Waals surface area contributed by atoms with Gasteiger partial charge in [0.25, 0.3) is 0 Å². The lowest BCUT2D eigenvalue weighted by atomic mass is 10.2. The molecular weight excluding hydrogens is 126 g/mol. The van der Waals surface area contributed by atoms with Crippen molar-refractivity contribution in [3.63, 3.8) is 0 Å². The van der Waals surface area contributed by atoms with Crippen molar-refractivity contribution in [2.24, 2.45) is 5.92 Å². The van der Waals surface area contributed by atoms with Crippen LogP contribution in [0.25, 0.3) is 0 Å². The minimum Gasteiger partial charge on any atom is -0.381 e. The molecule has 1 unspecified atom stereocenters. The molecule has 2 nitrogen and oxygen atoms in total. The van der Waals surface area contributed by atoms with Crippen LogP contribution in [0.3, 0.4) is 0 Å². The topological polar surface area (TPSA) is 21.3 Å². The maximum Gasteiger partial charge on any atom is 0.0503 e. The predicted octanol–water partition coefficient (Wildman–Crippen LogP) is 1.27. The van der Waals surface area contributed by atoms with Gasteiger partial charge in [0, 0.05) is 6.61 Å². The van der Waals surface area contributed by atoms with Crippen LogP contribution < -0.4 is 5.32 Å². The summed E-state index contributed by atoms with van der Waals surface area (Å²) in [5.41, 5.74) is 0. The molecule has 0 aliphatic heterocycles. The molecule has 0 aliphatic carbocycles. The Morgan fingerprint density at radius 3 is 2.60 bits per heavy atom. The first-order valence-electron chi connectivity index (χ1n) is 4.09. The minimum absolute atomic E-state index is 0.639. The first kappa shape index (κ1) is 9.92. The van der Waals surface area contributed by atoms with Crippen LogP contribution in [0.15, 0.2) is 0 Å². The molecule has 0 saturated carbocycles. The third-order valence-corrected chi connectivity index (χ3v) is 1.35. The van der Waals surface area contributed by atoms with Crippen molar-refractivity contribution >= 4 is 0 Å². The number of rotatable bonds is 6. The van der Waals surface area contributed by atoms with Crippen LogP contribution in [-0.2, 0) is 4.74 Å². The third-order valence-electron chi connectivity index (χ3n) is 1.35. The second-order valence-electron chi connectivity index (χ2n) is 2.57. The monoisotopic (exact) mass is 145 g/mol. The second kappa shape index (κ2) is 7.03. The van der Waals surface area contributed by atoms with E-state index in [0.29, 0.717) is 5.92 Å². The summed E-state index contributed by atoms with van der Waals surface area (Å²) >= 11 is 0. The van der Waals surface area contributed by atoms with Crippen LogP contribution in [0.5, 0.6) is 0 Å². The lowest BCUT2D eigenvalue weighted by Gasteiger charge is -2.10. The number of hydrogen-bond acceptors (Lipinski definition) is 2. The highest BCUT2D eigenvalue weighted by molar-refractivity contribution is 4.53. The smallest absolute Gasteiger partial charge is 0.0503 e. The lowest BCUT2D eigenvalue weighted by molar-refractivity contribution is 0.116. The van der Waals surface area contributed by atoms with Crippen LogP contribution in [-0.4, -0.2) is 26.3 Å². The predicted molar refractivity (Wildman–Crippen MR) is 44.2 cm³/mol. The van der Waals surface area contributed by atoms with E-state index in [1.54, 1.807) is 0 Å². The van der Waals surface area contributed by atoms with Gasteiger partial charge in [0.2, 0.25) is 0 Å². The molecule has 0 aromatic heterocycles. The van der Waals surface area contributed by atoms with E-state index in [4.69, 9.17) is 4.74 Å². The fourth-order valence-electron chi connectivity index (χ4n) is 0.769. The molecule has 1 N–H and O–H groups in total. The normalized spacial score (nSPS) is 13.5. The molecule has 0 radical (unpaired) electrons. The second-order valence-corrected chi connectivity index (χ2v) is 2.57. The van der Waals surface area contributed by atoms with Gasteiger partial charge in [-0.15, -0.1) is 0 Å². The van der Waals surface area contributed by atoms with E-state index in [-0.39, 0.29) is 0 Å². The fraction of sp³-hybridized carbons (Fsp3) is 1.00. The summed E-state index contributed by atoms with van der Waals surface area (Å²) in [5, 5.41) is 3.28. The molecule has 62 valence electrons. The van der Waals surface area contributed by atoms with Crippen molar-refractivity contribution in [3.05, 3.63) is 0 Å². The zero-order valence-electron chi connectivity index (χ0n) is 7.31. The lowest BCUT2D eigenvalue weighted by Crippen LogP contribution is -2.23. The van der Waals surface area contributed by atoms with Gasteiger partial charge in [-0.1, -0.05) is 13.8 Å². The molecular formula is C8H19NO. The molecule has 0 spiro atoms. The summed E-state index contributed by atoms with van der Waals surface area (Å²) in [7, 11) is 0. The number of nitrogens with one attached hydrogen (secondary N) is 1. The summed E-state index contributed by atoms with van der Waals surface area (Å²) in [6.07, 6.45) is 0. The molecule has 0 rings (SSSR count). The van der Waals surface area contributed by atoms with Crippen LogP contribution in [0.1, 0.15) is 20.8 Å². The molecule has 10 heavy (non-hydrogen) atoms. The van der Waals surface area contributed by atoms with Gasteiger partial charge in [-0.05, 0) is 25.9 Å². The van der Waals surface area contributed by atoms with Crippen LogP contribution in [0.4, 0.5) is 0 Å². The van der Waals surface area contributed by atoms with E-state index < -0.39 is 0 Å². The van der Waals surface area contributed by atoms with E-state index >= 15 is 0 Å². The first-order chi connectivity index (χ1) is 4.81. The van der Waals surface area contributed by atoms with Crippen molar-refractivity contribution in [2.75, 3.05) is 26.3 Å². The Morgan fingerprint density at radius 2 is 2.10 bits per heavy atom. The van der Waals surface area contributed by atoms with Gasteiger partial charge in [-0.2, -0.15) is 0 Å². The Bertz CT molecular complexity index is 58.3. The molecule has 0 heterocycles. The summed E-state index contributed by atoms with van der Waals surface area (Å²) in [4.78, 5) is 0. The minimum atomic E-state index is 0.639. The molecule has 0 bridgehead atoms. The zero-order valence-corrected chi connectivity index (χ0v) is 7.31. The average Bonchev–Trinajstić information content (AvgIpc) is 1.97. The van der Waals surface area contributed by atoms with Gasteiger partial charge >= 0.3 is 0 Å². The van der Waals surface area contributed by atoms with E-state index in [9.17, 15) is 0 Å². The maximum atomic E-state index is 5.25. The summed E-state index contributed by atoms with van der Waals surface area (Å²) in [6, 6.07) is 0. The van der Waals surface area contributed by atoms with Crippen molar-refractivity contribution in [2.45, 2.75) is 20.8 Å². The number of hydrogen-bond donors (Lipinski definition) is 1. The Hall–Kier alpha value is -0.0800. The largest absolute Gasteiger partial charge is 0.381 e. The highest BCUT2D eigenvalue weighted by Gasteiger charge is 1.98. The maximum absolute atomic E-state index is 5.25. The standard InChI is InChI=1S/C8H19NO/c1-4-9-6-8(3)7-10-5-2/h8-9H,4-7H2,1-3H3. The van der Waals surface area contributed by atoms with Crippen molar-refractivity contribution in [3.8, 4) is 0 Å². The van der Waals surface area contributed by atoms with Gasteiger partial charge in [-0.3, -0.25) is 0 Å². The molecule has 0 aliphatic rings. The molecule has 0 aromatic carbocycles. The summed E-state index contributed by atoms with van der Waals surface area (Å²) in [6.45, 7) is 10.2. The Labute approximate surface area is 64.0 Å². The summed E-state index contributed by atoms with van der Waals surface area (Å²) in [5.74, 6) is 0.639. The first-order valence-corrected chi connectivity index (χ1v) is 4.09. The molecule has 2 heteroatoms. The average molecular weight is 145 g/mol. The molecule has 0 saturated heterocycles. The highest BCUT2D eigenvalue weighted by atomic mass is 16.5. The third kappa shape index (κ3) is 6.05. The number of ether oxygens (including phenoxy) is 1. The zero-order chi connectivity index (χ0) is 7.82. The van der Waals surface area contributed by atoms with Gasteiger partial charge in [-0.25, -0.2) is 0 Å². The molecule has 1 atom stereocenters. The van der Waals surface area contributed by atoms with Crippen molar-refractivity contribution in [1.29, 1.82) is 0 Å². The highest BCUT2D eigenvalue weighted by Crippen LogP contribution is 1.92. The Kier molecular flexibility index (Phi) is 6.98. The van der Waals surface area contributed by atoms with Gasteiger partial charge in [0.15, 0.2) is 0 Å². The van der Waals surface area contributed by atoms with Crippen molar-refractivity contribution in [1.82, 2.24) is 5.32 Å². The van der Waals surface area contributed by atoms with Crippen molar-refractivity contribution < 1.29 is 4.74 Å². The Balaban J connectivity index is 3.00. The van der Waals surface area contributed by atoms with Crippen LogP contribution in [0.2, 0.25) is 0 Å². The van der Waals surface area contributed by atoms with Crippen LogP contribution in [0, 0.1) is 5.92 Å². The quantitative estimate of drug-likeness (QED) is 0.607. The molecule has 0 fully saturated rings. The van der Waals surface area contributed by atoms with Gasteiger partial charge < -0.3 is 10.1 Å². The SMILES string of the molecule is CCNCC(C)COCC. The van der Waals surface area contributed by atoms with Crippen LogP contribution >= 0.6 is 0 Å². The van der Waals surface area contributed by atoms with E-state index in [0.717, 1.165) is 26.3 Å². The van der Waals surface area contributed by atoms with E-state index in [2.05, 4.69) is 19.2 Å². The Morgan fingerprint density at radius 1 is 1.40 bits per heavy atom. The van der Waals surface area contributed by atoms with Gasteiger partial charge in [0.1, 0.15) is 0 Å². The molecule has 0 amide bonds. The van der Waals surface area contributed by atoms with Gasteiger partial charge in [0.05, 0.1) is 6.61 Å². The van der Waals surface area contributed by atoms with E-state index in [1.165, 1.54) is 0 Å². The van der Waals surface area contributed by atoms with E-state index in [1.807, 2.05) is 6.92 Å². The summed E-state index contributed by atoms with van der Waals surface area (Å²) < 4.78 is 5.25. The molecule has 0 aromatic rings.